The molecule has 4 heterocycles. The van der Waals surface area contributed by atoms with Crippen LogP contribution in [-0.2, 0) is 31.4 Å². The van der Waals surface area contributed by atoms with Gasteiger partial charge in [-0.05, 0) is 29.8 Å². The number of methoxy groups -OCH3 is 1. The number of amides is 1. The molecule has 0 fully saturated rings. The smallest absolute Gasteiger partial charge is 0.254 e. The number of carbonyl (C=O) groups excluding carboxylic acids is 1. The zero-order valence-electron chi connectivity index (χ0n) is 20.2. The molecule has 0 saturated heterocycles. The first kappa shape index (κ1) is 22.7. The number of aromatic nitrogens is 6. The van der Waals surface area contributed by atoms with E-state index in [1.165, 1.54) is 0 Å². The van der Waals surface area contributed by atoms with E-state index in [0.717, 1.165) is 45.3 Å². The number of H-pyrrole nitrogens is 1. The number of fused-ring (bicyclic) bond motifs is 2. The largest absolute Gasteiger partial charge is 0.380 e. The second kappa shape index (κ2) is 9.27. The first-order valence-corrected chi connectivity index (χ1v) is 11.5. The van der Waals surface area contributed by atoms with Crippen molar-refractivity contribution in [3.05, 3.63) is 71.6 Å². The van der Waals surface area contributed by atoms with Crippen molar-refractivity contribution in [1.82, 2.24) is 34.6 Å². The lowest BCUT2D eigenvalue weighted by Gasteiger charge is -2.19. The quantitative estimate of drug-likeness (QED) is 0.388. The molecular formula is C26H27N7O2. The number of aromatic amines is 1. The van der Waals surface area contributed by atoms with Gasteiger partial charge in [-0.25, -0.2) is 9.97 Å². The number of imidazole rings is 1. The molecule has 35 heavy (non-hydrogen) atoms. The van der Waals surface area contributed by atoms with Crippen LogP contribution in [0.5, 0.6) is 0 Å². The molecule has 5 aromatic rings. The van der Waals surface area contributed by atoms with Crippen molar-refractivity contribution in [2.75, 3.05) is 14.2 Å². The third-order valence-corrected chi connectivity index (χ3v) is 6.24. The second-order valence-electron chi connectivity index (χ2n) is 8.59. The standard InChI is InChI=1S/C26H27N7O2/c1-5-25-28-13-18(33(25)3)14-32(2)26(34)20-9-24(23-10-22-17(11-27-23)12-29-31-22)30-21-7-6-16(15-35-4)8-19(20)21/h6-13H,5,14-15H2,1-4H3,(H,29,31). The first-order chi connectivity index (χ1) is 17.0. The molecule has 1 amide bonds. The number of benzene rings is 1. The van der Waals surface area contributed by atoms with Crippen molar-refractivity contribution in [2.24, 2.45) is 7.05 Å². The average molecular weight is 470 g/mol. The van der Waals surface area contributed by atoms with Gasteiger partial charge in [0.1, 0.15) is 5.82 Å². The van der Waals surface area contributed by atoms with Crippen LogP contribution in [0, 0.1) is 0 Å². The Morgan fingerprint density at radius 2 is 1.97 bits per heavy atom. The van der Waals surface area contributed by atoms with Crippen LogP contribution in [0.25, 0.3) is 33.2 Å². The first-order valence-electron chi connectivity index (χ1n) is 11.5. The van der Waals surface area contributed by atoms with Gasteiger partial charge in [-0.1, -0.05) is 13.0 Å². The molecule has 0 bridgehead atoms. The van der Waals surface area contributed by atoms with Gasteiger partial charge in [0.15, 0.2) is 0 Å². The molecule has 0 saturated carbocycles. The van der Waals surface area contributed by atoms with Gasteiger partial charge >= 0.3 is 0 Å². The molecule has 1 aromatic carbocycles. The molecule has 0 aliphatic carbocycles. The van der Waals surface area contributed by atoms with E-state index in [-0.39, 0.29) is 5.91 Å². The Morgan fingerprint density at radius 3 is 2.74 bits per heavy atom. The number of nitrogens with zero attached hydrogens (tertiary/aromatic N) is 6. The Labute approximate surface area is 202 Å². The third-order valence-electron chi connectivity index (χ3n) is 6.24. The number of ether oxygens (including phenoxy) is 1. The van der Waals surface area contributed by atoms with Crippen LogP contribution in [-0.4, -0.2) is 54.7 Å². The van der Waals surface area contributed by atoms with E-state index in [1.807, 2.05) is 48.1 Å². The van der Waals surface area contributed by atoms with Crippen LogP contribution in [0.4, 0.5) is 0 Å². The average Bonchev–Trinajstić information content (AvgIpc) is 3.48. The molecule has 4 aromatic heterocycles. The summed E-state index contributed by atoms with van der Waals surface area (Å²) in [5, 5.41) is 8.80. The van der Waals surface area contributed by atoms with Crippen molar-refractivity contribution in [3.63, 3.8) is 0 Å². The molecule has 0 spiro atoms. The van der Waals surface area contributed by atoms with Gasteiger partial charge in [0.05, 0.1) is 53.0 Å². The van der Waals surface area contributed by atoms with Crippen molar-refractivity contribution in [1.29, 1.82) is 0 Å². The summed E-state index contributed by atoms with van der Waals surface area (Å²) >= 11 is 0. The summed E-state index contributed by atoms with van der Waals surface area (Å²) < 4.78 is 7.35. The fourth-order valence-corrected chi connectivity index (χ4v) is 4.30. The van der Waals surface area contributed by atoms with Gasteiger partial charge in [-0.15, -0.1) is 0 Å². The second-order valence-corrected chi connectivity index (χ2v) is 8.59. The molecule has 0 unspecified atom stereocenters. The molecule has 9 heteroatoms. The molecule has 1 N–H and O–H groups in total. The van der Waals surface area contributed by atoms with Crippen molar-refractivity contribution < 1.29 is 9.53 Å². The predicted molar refractivity (Wildman–Crippen MR) is 134 cm³/mol. The lowest BCUT2D eigenvalue weighted by atomic mass is 10.0. The van der Waals surface area contributed by atoms with Crippen LogP contribution in [0.1, 0.15) is 34.4 Å². The molecular weight excluding hydrogens is 442 g/mol. The summed E-state index contributed by atoms with van der Waals surface area (Å²) in [6.07, 6.45) is 6.22. The number of aryl methyl sites for hydroxylation is 1. The molecule has 5 rings (SSSR count). The van der Waals surface area contributed by atoms with Crippen molar-refractivity contribution in [3.8, 4) is 11.4 Å². The number of hydrogen-bond acceptors (Lipinski definition) is 6. The van der Waals surface area contributed by atoms with E-state index in [4.69, 9.17) is 9.72 Å². The number of nitrogens with one attached hydrogen (secondary N) is 1. The summed E-state index contributed by atoms with van der Waals surface area (Å²) in [5.41, 5.74) is 5.30. The van der Waals surface area contributed by atoms with Gasteiger partial charge < -0.3 is 14.2 Å². The number of pyridine rings is 2. The fourth-order valence-electron chi connectivity index (χ4n) is 4.30. The van der Waals surface area contributed by atoms with Gasteiger partial charge in [0, 0.05) is 50.8 Å². The van der Waals surface area contributed by atoms with E-state index >= 15 is 0 Å². The van der Waals surface area contributed by atoms with Crippen LogP contribution in [0.3, 0.4) is 0 Å². The topological polar surface area (TPSA) is 102 Å². The molecule has 9 nitrogen and oxygen atoms in total. The maximum Gasteiger partial charge on any atom is 0.254 e. The highest BCUT2D eigenvalue weighted by molar-refractivity contribution is 6.07. The Kier molecular flexibility index (Phi) is 6.00. The van der Waals surface area contributed by atoms with Crippen molar-refractivity contribution in [2.45, 2.75) is 26.5 Å². The Morgan fingerprint density at radius 1 is 1.11 bits per heavy atom. The van der Waals surface area contributed by atoms with Crippen LogP contribution in [0.15, 0.2) is 48.9 Å². The maximum absolute atomic E-state index is 13.8. The van der Waals surface area contributed by atoms with E-state index in [2.05, 4.69) is 27.1 Å². The summed E-state index contributed by atoms with van der Waals surface area (Å²) in [7, 11) is 5.44. The van der Waals surface area contributed by atoms with Crippen LogP contribution < -0.4 is 0 Å². The minimum absolute atomic E-state index is 0.103. The normalized spacial score (nSPS) is 11.4. The summed E-state index contributed by atoms with van der Waals surface area (Å²) in [6.45, 7) is 2.96. The number of hydrogen-bond donors (Lipinski definition) is 1. The van der Waals surface area contributed by atoms with Crippen LogP contribution in [0.2, 0.25) is 0 Å². The zero-order chi connectivity index (χ0) is 24.5. The van der Waals surface area contributed by atoms with E-state index in [9.17, 15) is 4.79 Å². The van der Waals surface area contributed by atoms with E-state index in [1.54, 1.807) is 31.5 Å². The molecule has 0 aliphatic rings. The maximum atomic E-state index is 13.8. The molecule has 0 aliphatic heterocycles. The number of carbonyl (C=O) groups is 1. The van der Waals surface area contributed by atoms with Gasteiger partial charge in [-0.2, -0.15) is 5.10 Å². The van der Waals surface area contributed by atoms with Gasteiger partial charge in [0.25, 0.3) is 5.91 Å². The lowest BCUT2D eigenvalue weighted by Crippen LogP contribution is -2.27. The SMILES string of the molecule is CCc1ncc(CN(C)C(=O)c2cc(-c3cc4n[nH]cc4cn3)nc3ccc(COC)cc23)n1C. The minimum Gasteiger partial charge on any atom is -0.380 e. The summed E-state index contributed by atoms with van der Waals surface area (Å²) in [4.78, 5) is 29.3. The molecule has 0 radical (unpaired) electrons. The minimum atomic E-state index is -0.103. The highest BCUT2D eigenvalue weighted by atomic mass is 16.5. The lowest BCUT2D eigenvalue weighted by molar-refractivity contribution is 0.0784. The number of rotatable bonds is 7. The summed E-state index contributed by atoms with van der Waals surface area (Å²) in [5.74, 6) is 0.884. The Bertz CT molecular complexity index is 1540. The Balaban J connectivity index is 1.59. The van der Waals surface area contributed by atoms with Crippen LogP contribution >= 0.6 is 0 Å². The molecule has 0 atom stereocenters. The zero-order valence-corrected chi connectivity index (χ0v) is 20.2. The van der Waals surface area contributed by atoms with Gasteiger partial charge in [-0.3, -0.25) is 14.9 Å². The fraction of sp³-hybridized carbons (Fsp3) is 0.269. The highest BCUT2D eigenvalue weighted by Gasteiger charge is 2.20. The van der Waals surface area contributed by atoms with E-state index in [0.29, 0.717) is 30.1 Å². The van der Waals surface area contributed by atoms with E-state index < -0.39 is 0 Å². The third kappa shape index (κ3) is 4.26. The van der Waals surface area contributed by atoms with Gasteiger partial charge in [0.2, 0.25) is 0 Å². The molecule has 178 valence electrons. The predicted octanol–water partition coefficient (Wildman–Crippen LogP) is 3.89. The summed E-state index contributed by atoms with van der Waals surface area (Å²) in [6, 6.07) is 9.55. The monoisotopic (exact) mass is 469 g/mol. The highest BCUT2D eigenvalue weighted by Crippen LogP contribution is 2.27. The van der Waals surface area contributed by atoms with Crippen molar-refractivity contribution >= 4 is 27.7 Å². The Hall–Kier alpha value is -4.11.